The summed E-state index contributed by atoms with van der Waals surface area (Å²) in [5.41, 5.74) is 4.08. The van der Waals surface area contributed by atoms with Gasteiger partial charge in [-0.15, -0.1) is 0 Å². The number of nitrogens with zero attached hydrogens (tertiary/aromatic N) is 2. The summed E-state index contributed by atoms with van der Waals surface area (Å²) in [6.07, 6.45) is 2.00. The average Bonchev–Trinajstić information content (AvgIpc) is 3.49. The highest BCUT2D eigenvalue weighted by molar-refractivity contribution is 5.94. The number of rotatable bonds is 7. The number of hydrogen-bond acceptors (Lipinski definition) is 6. The molecule has 1 fully saturated rings. The smallest absolute Gasteiger partial charge is 0.231 e. The molecule has 6 nitrogen and oxygen atoms in total. The fourth-order valence-electron chi connectivity index (χ4n) is 4.28. The second-order valence-electron chi connectivity index (χ2n) is 8.54. The normalized spacial score (nSPS) is 15.3. The zero-order valence-electron chi connectivity index (χ0n) is 18.6. The van der Waals surface area contributed by atoms with Crippen molar-refractivity contribution in [1.82, 2.24) is 4.98 Å². The first kappa shape index (κ1) is 20.4. The van der Waals surface area contributed by atoms with Gasteiger partial charge in [0, 0.05) is 43.5 Å². The van der Waals surface area contributed by atoms with Crippen molar-refractivity contribution in [3.8, 4) is 28.5 Å². The number of Topliss-reactive ketones (excluding diaryl/α,β-unsaturated/α-hetero) is 1. The van der Waals surface area contributed by atoms with E-state index in [1.165, 1.54) is 0 Å². The number of ketones is 1. The van der Waals surface area contributed by atoms with Crippen LogP contribution in [0.2, 0.25) is 0 Å². The van der Waals surface area contributed by atoms with Crippen molar-refractivity contribution in [3.05, 3.63) is 65.9 Å². The summed E-state index contributed by atoms with van der Waals surface area (Å²) in [6.45, 7) is 0.232. The van der Waals surface area contributed by atoms with E-state index in [1.807, 2.05) is 73.6 Å². The molecule has 0 spiro atoms. The molecule has 2 heterocycles. The van der Waals surface area contributed by atoms with Gasteiger partial charge in [-0.05, 0) is 54.8 Å². The average molecular weight is 431 g/mol. The monoisotopic (exact) mass is 430 g/mol. The van der Waals surface area contributed by atoms with E-state index in [0.29, 0.717) is 6.42 Å². The van der Waals surface area contributed by atoms with Crippen LogP contribution in [0.5, 0.6) is 17.2 Å². The van der Waals surface area contributed by atoms with Gasteiger partial charge in [-0.25, -0.2) is 0 Å². The van der Waals surface area contributed by atoms with E-state index in [-0.39, 0.29) is 12.6 Å². The zero-order valence-corrected chi connectivity index (χ0v) is 18.6. The van der Waals surface area contributed by atoms with Crippen molar-refractivity contribution < 1.29 is 19.0 Å². The van der Waals surface area contributed by atoms with Gasteiger partial charge in [-0.2, -0.15) is 0 Å². The Balaban J connectivity index is 1.39. The van der Waals surface area contributed by atoms with Crippen LogP contribution in [0.4, 0.5) is 5.69 Å². The van der Waals surface area contributed by atoms with Gasteiger partial charge in [0.25, 0.3) is 0 Å². The van der Waals surface area contributed by atoms with E-state index in [0.717, 1.165) is 58.3 Å². The maximum absolute atomic E-state index is 13.3. The van der Waals surface area contributed by atoms with Crippen LogP contribution in [-0.2, 0) is 16.6 Å². The van der Waals surface area contributed by atoms with Crippen LogP contribution in [0.15, 0.2) is 54.6 Å². The lowest BCUT2D eigenvalue weighted by atomic mass is 9.88. The lowest BCUT2D eigenvalue weighted by Crippen LogP contribution is -2.23. The fraction of sp³-hybridized carbons (Fsp3) is 0.308. The second-order valence-corrected chi connectivity index (χ2v) is 8.54. The highest BCUT2D eigenvalue weighted by Crippen LogP contribution is 2.51. The number of hydrogen-bond donors (Lipinski definition) is 0. The molecule has 0 amide bonds. The minimum Gasteiger partial charge on any atom is -0.496 e. The van der Waals surface area contributed by atoms with Crippen molar-refractivity contribution in [2.75, 3.05) is 32.9 Å². The lowest BCUT2D eigenvalue weighted by Gasteiger charge is -2.17. The van der Waals surface area contributed by atoms with Crippen LogP contribution >= 0.6 is 0 Å². The molecule has 32 heavy (non-hydrogen) atoms. The number of fused-ring (bicyclic) bond motifs is 1. The topological polar surface area (TPSA) is 60.9 Å². The summed E-state index contributed by atoms with van der Waals surface area (Å²) in [4.78, 5) is 20.2. The first-order valence-corrected chi connectivity index (χ1v) is 10.8. The van der Waals surface area contributed by atoms with E-state index < -0.39 is 5.41 Å². The van der Waals surface area contributed by atoms with Gasteiger partial charge < -0.3 is 19.1 Å². The molecule has 5 rings (SSSR count). The Bertz CT molecular complexity index is 1180. The highest BCUT2D eigenvalue weighted by atomic mass is 16.7. The SMILES string of the molecule is COc1cc(N(C)C)ccc1-c1cccc(CC(=O)C2(c3ccc4c(c3)OCO4)CC2)n1. The Morgan fingerprint density at radius 1 is 1.06 bits per heavy atom. The number of aromatic nitrogens is 1. The molecule has 2 aromatic carbocycles. The number of ether oxygens (including phenoxy) is 3. The summed E-state index contributed by atoms with van der Waals surface area (Å²) in [6, 6.07) is 17.7. The summed E-state index contributed by atoms with van der Waals surface area (Å²) >= 11 is 0. The van der Waals surface area contributed by atoms with Crippen LogP contribution in [0, 0.1) is 0 Å². The number of pyridine rings is 1. The molecular weight excluding hydrogens is 404 g/mol. The van der Waals surface area contributed by atoms with E-state index in [9.17, 15) is 4.79 Å². The Hall–Kier alpha value is -3.54. The molecular formula is C26H26N2O4. The summed E-state index contributed by atoms with van der Waals surface area (Å²) in [7, 11) is 5.65. The van der Waals surface area contributed by atoms with Gasteiger partial charge in [0.15, 0.2) is 11.5 Å². The minimum absolute atomic E-state index is 0.191. The summed E-state index contributed by atoms with van der Waals surface area (Å²) in [5.74, 6) is 2.40. The number of carbonyl (C=O) groups excluding carboxylic acids is 1. The van der Waals surface area contributed by atoms with Gasteiger partial charge >= 0.3 is 0 Å². The first-order valence-electron chi connectivity index (χ1n) is 10.8. The van der Waals surface area contributed by atoms with Crippen LogP contribution < -0.4 is 19.1 Å². The van der Waals surface area contributed by atoms with E-state index in [4.69, 9.17) is 19.2 Å². The van der Waals surface area contributed by atoms with E-state index in [1.54, 1.807) is 7.11 Å². The molecule has 1 aliphatic heterocycles. The number of carbonyl (C=O) groups is 1. The Labute approximate surface area is 187 Å². The molecule has 0 N–H and O–H groups in total. The molecule has 0 radical (unpaired) electrons. The number of methoxy groups -OCH3 is 1. The third-order valence-electron chi connectivity index (χ3n) is 6.33. The van der Waals surface area contributed by atoms with E-state index in [2.05, 4.69) is 0 Å². The maximum Gasteiger partial charge on any atom is 0.231 e. The lowest BCUT2D eigenvalue weighted by molar-refractivity contribution is -0.120. The number of benzene rings is 2. The van der Waals surface area contributed by atoms with E-state index >= 15 is 0 Å². The van der Waals surface area contributed by atoms with Crippen LogP contribution in [0.3, 0.4) is 0 Å². The van der Waals surface area contributed by atoms with Crippen molar-refractivity contribution in [3.63, 3.8) is 0 Å². The maximum atomic E-state index is 13.3. The molecule has 0 saturated heterocycles. The molecule has 6 heteroatoms. The van der Waals surface area contributed by atoms with Gasteiger partial charge in [-0.3, -0.25) is 9.78 Å². The van der Waals surface area contributed by atoms with Gasteiger partial charge in [-0.1, -0.05) is 12.1 Å². The van der Waals surface area contributed by atoms with Crippen molar-refractivity contribution in [1.29, 1.82) is 0 Å². The molecule has 0 bridgehead atoms. The van der Waals surface area contributed by atoms with Gasteiger partial charge in [0.1, 0.15) is 11.5 Å². The first-order chi connectivity index (χ1) is 15.5. The van der Waals surface area contributed by atoms with Crippen LogP contribution in [0.1, 0.15) is 24.1 Å². The van der Waals surface area contributed by atoms with Crippen LogP contribution in [0.25, 0.3) is 11.3 Å². The summed E-state index contributed by atoms with van der Waals surface area (Å²) in [5, 5.41) is 0. The minimum atomic E-state index is -0.441. The predicted octanol–water partition coefficient (Wildman–Crippen LogP) is 4.40. The Morgan fingerprint density at radius 2 is 1.88 bits per heavy atom. The zero-order chi connectivity index (χ0) is 22.3. The molecule has 1 aromatic heterocycles. The Morgan fingerprint density at radius 3 is 2.62 bits per heavy atom. The van der Waals surface area contributed by atoms with Gasteiger partial charge in [0.2, 0.25) is 6.79 Å². The molecule has 1 saturated carbocycles. The second kappa shape index (κ2) is 7.86. The van der Waals surface area contributed by atoms with Crippen LogP contribution in [-0.4, -0.2) is 38.8 Å². The standard InChI is InChI=1S/C26H26N2O4/c1-28(2)19-8-9-20(23(15-19)30-3)21-6-4-5-18(27-21)14-25(29)26(11-12-26)17-7-10-22-24(13-17)32-16-31-22/h4-10,13,15H,11-12,14,16H2,1-3H3. The van der Waals surface area contributed by atoms with Crippen molar-refractivity contribution >= 4 is 11.5 Å². The molecule has 164 valence electrons. The van der Waals surface area contributed by atoms with Crippen molar-refractivity contribution in [2.45, 2.75) is 24.7 Å². The van der Waals surface area contributed by atoms with Gasteiger partial charge in [0.05, 0.1) is 18.2 Å². The fourth-order valence-corrected chi connectivity index (χ4v) is 4.28. The number of anilines is 1. The molecule has 1 aliphatic carbocycles. The third kappa shape index (κ3) is 3.55. The molecule has 3 aromatic rings. The third-order valence-corrected chi connectivity index (χ3v) is 6.33. The summed E-state index contributed by atoms with van der Waals surface area (Å²) < 4.78 is 16.5. The molecule has 0 unspecified atom stereocenters. The molecule has 2 aliphatic rings. The predicted molar refractivity (Wildman–Crippen MR) is 123 cm³/mol. The van der Waals surface area contributed by atoms with Crippen molar-refractivity contribution in [2.24, 2.45) is 0 Å². The molecule has 0 atom stereocenters. The quantitative estimate of drug-likeness (QED) is 0.554. The Kier molecular flexibility index (Phi) is 5.00. The largest absolute Gasteiger partial charge is 0.496 e. The highest BCUT2D eigenvalue weighted by Gasteiger charge is 2.51.